The highest BCUT2D eigenvalue weighted by molar-refractivity contribution is 5.97. The van der Waals surface area contributed by atoms with Gasteiger partial charge in [0.2, 0.25) is 5.91 Å². The normalized spacial score (nSPS) is 20.3. The Morgan fingerprint density at radius 2 is 1.92 bits per heavy atom. The molecular weight excluding hydrogens is 314 g/mol. The van der Waals surface area contributed by atoms with E-state index in [0.29, 0.717) is 25.3 Å². The van der Waals surface area contributed by atoms with Crippen molar-refractivity contribution in [1.82, 2.24) is 14.4 Å². The molecule has 0 aliphatic carbocycles. The van der Waals surface area contributed by atoms with E-state index in [-0.39, 0.29) is 11.8 Å². The van der Waals surface area contributed by atoms with Gasteiger partial charge in [0.25, 0.3) is 5.91 Å². The van der Waals surface area contributed by atoms with Gasteiger partial charge >= 0.3 is 0 Å². The fraction of sp³-hybridized carbons (Fsp3) is 0.300. The van der Waals surface area contributed by atoms with E-state index in [1.54, 1.807) is 18.0 Å². The quantitative estimate of drug-likeness (QED) is 0.845. The number of hydrogen-bond acceptors (Lipinski definition) is 2. The molecule has 5 heteroatoms. The SMILES string of the molecule is CN1C(=O)c2cccn2CC1C(=O)N1CC=C(c2ccccc2)CC1. The first-order valence-corrected chi connectivity index (χ1v) is 8.60. The Morgan fingerprint density at radius 1 is 1.12 bits per heavy atom. The molecule has 5 nitrogen and oxygen atoms in total. The number of benzene rings is 1. The minimum atomic E-state index is -0.431. The van der Waals surface area contributed by atoms with Gasteiger partial charge in [0, 0.05) is 26.3 Å². The van der Waals surface area contributed by atoms with Gasteiger partial charge in [-0.3, -0.25) is 9.59 Å². The fourth-order valence-electron chi connectivity index (χ4n) is 3.64. The maximum absolute atomic E-state index is 13.0. The van der Waals surface area contributed by atoms with Crippen molar-refractivity contribution in [1.29, 1.82) is 0 Å². The second kappa shape index (κ2) is 6.24. The lowest BCUT2D eigenvalue weighted by molar-refractivity contribution is -0.136. The summed E-state index contributed by atoms with van der Waals surface area (Å²) in [7, 11) is 1.72. The van der Waals surface area contributed by atoms with Gasteiger partial charge in [-0.2, -0.15) is 0 Å². The Kier molecular flexibility index (Phi) is 3.92. The van der Waals surface area contributed by atoms with Crippen LogP contribution in [0.1, 0.15) is 22.5 Å². The van der Waals surface area contributed by atoms with Gasteiger partial charge in [0.05, 0.1) is 6.54 Å². The summed E-state index contributed by atoms with van der Waals surface area (Å²) in [5.74, 6) is -0.0642. The minimum absolute atomic E-state index is 0.0264. The fourth-order valence-corrected chi connectivity index (χ4v) is 3.64. The van der Waals surface area contributed by atoms with Crippen LogP contribution < -0.4 is 0 Å². The van der Waals surface area contributed by atoms with Crippen LogP contribution in [-0.2, 0) is 11.3 Å². The third-order valence-corrected chi connectivity index (χ3v) is 5.16. The van der Waals surface area contributed by atoms with E-state index in [9.17, 15) is 9.59 Å². The first-order valence-electron chi connectivity index (χ1n) is 8.60. The molecule has 1 unspecified atom stereocenters. The lowest BCUT2D eigenvalue weighted by Gasteiger charge is -2.37. The molecule has 25 heavy (non-hydrogen) atoms. The molecule has 128 valence electrons. The number of carbonyl (C=O) groups excluding carboxylic acids is 2. The van der Waals surface area contributed by atoms with Gasteiger partial charge in [-0.05, 0) is 29.7 Å². The third-order valence-electron chi connectivity index (χ3n) is 5.16. The molecule has 4 rings (SSSR count). The van der Waals surface area contributed by atoms with E-state index in [0.717, 1.165) is 6.42 Å². The summed E-state index contributed by atoms with van der Waals surface area (Å²) >= 11 is 0. The molecule has 1 aromatic heterocycles. The third kappa shape index (κ3) is 2.76. The zero-order valence-electron chi connectivity index (χ0n) is 14.3. The zero-order chi connectivity index (χ0) is 17.4. The average molecular weight is 335 g/mol. The lowest BCUT2D eigenvalue weighted by Crippen LogP contribution is -2.54. The van der Waals surface area contributed by atoms with Crippen LogP contribution in [-0.4, -0.2) is 52.4 Å². The lowest BCUT2D eigenvalue weighted by atomic mass is 9.99. The largest absolute Gasteiger partial charge is 0.341 e. The van der Waals surface area contributed by atoms with E-state index in [2.05, 4.69) is 18.2 Å². The maximum atomic E-state index is 13.0. The van der Waals surface area contributed by atoms with Gasteiger partial charge in [0.1, 0.15) is 11.7 Å². The first-order chi connectivity index (χ1) is 12.1. The number of fused-ring (bicyclic) bond motifs is 1. The van der Waals surface area contributed by atoms with Crippen molar-refractivity contribution in [2.45, 2.75) is 19.0 Å². The summed E-state index contributed by atoms with van der Waals surface area (Å²) in [5.41, 5.74) is 3.15. The molecule has 1 atom stereocenters. The molecule has 2 amide bonds. The van der Waals surface area contributed by atoms with Crippen molar-refractivity contribution in [3.05, 3.63) is 66.0 Å². The molecule has 2 aliphatic heterocycles. The van der Waals surface area contributed by atoms with Crippen molar-refractivity contribution in [3.8, 4) is 0 Å². The predicted molar refractivity (Wildman–Crippen MR) is 95.9 cm³/mol. The van der Waals surface area contributed by atoms with Crippen LogP contribution >= 0.6 is 0 Å². The predicted octanol–water partition coefficient (Wildman–Crippen LogP) is 2.26. The van der Waals surface area contributed by atoms with Gasteiger partial charge in [-0.15, -0.1) is 0 Å². The summed E-state index contributed by atoms with van der Waals surface area (Å²) in [6, 6.07) is 13.5. The molecule has 0 saturated heterocycles. The maximum Gasteiger partial charge on any atom is 0.270 e. The van der Waals surface area contributed by atoms with E-state index in [1.165, 1.54) is 11.1 Å². The molecule has 2 aromatic rings. The van der Waals surface area contributed by atoms with Crippen LogP contribution in [0.2, 0.25) is 0 Å². The molecule has 2 aliphatic rings. The van der Waals surface area contributed by atoms with Crippen molar-refractivity contribution in [3.63, 3.8) is 0 Å². The Morgan fingerprint density at radius 3 is 2.64 bits per heavy atom. The number of carbonyl (C=O) groups is 2. The summed E-state index contributed by atoms with van der Waals surface area (Å²) in [4.78, 5) is 28.8. The average Bonchev–Trinajstić information content (AvgIpc) is 3.14. The van der Waals surface area contributed by atoms with Crippen molar-refractivity contribution >= 4 is 17.4 Å². The number of amides is 2. The van der Waals surface area contributed by atoms with Crippen LogP contribution in [0.5, 0.6) is 0 Å². The van der Waals surface area contributed by atoms with Gasteiger partial charge in [0.15, 0.2) is 0 Å². The highest BCUT2D eigenvalue weighted by Gasteiger charge is 2.36. The zero-order valence-corrected chi connectivity index (χ0v) is 14.3. The van der Waals surface area contributed by atoms with Gasteiger partial charge < -0.3 is 14.4 Å². The molecule has 0 N–H and O–H groups in total. The molecule has 0 fully saturated rings. The summed E-state index contributed by atoms with van der Waals surface area (Å²) < 4.78 is 1.88. The molecule has 1 aromatic carbocycles. The number of rotatable bonds is 2. The van der Waals surface area contributed by atoms with Crippen LogP contribution in [0.3, 0.4) is 0 Å². The highest BCUT2D eigenvalue weighted by Crippen LogP contribution is 2.24. The number of hydrogen-bond donors (Lipinski definition) is 0. The Labute approximate surface area is 147 Å². The topological polar surface area (TPSA) is 45.6 Å². The Bertz CT molecular complexity index is 838. The van der Waals surface area contributed by atoms with Crippen LogP contribution in [0, 0.1) is 0 Å². The molecular formula is C20H21N3O2. The Balaban J connectivity index is 1.49. The van der Waals surface area contributed by atoms with Gasteiger partial charge in [-0.1, -0.05) is 36.4 Å². The molecule has 0 radical (unpaired) electrons. The van der Waals surface area contributed by atoms with Crippen LogP contribution in [0.4, 0.5) is 0 Å². The Hall–Kier alpha value is -2.82. The van der Waals surface area contributed by atoms with E-state index >= 15 is 0 Å². The molecule has 0 saturated carbocycles. The standard InChI is InChI=1S/C20H21N3O2/c1-21-18(14-23-11-5-8-17(23)19(21)24)20(25)22-12-9-16(10-13-22)15-6-3-2-4-7-15/h2-9,11,18H,10,12-14H2,1H3. The van der Waals surface area contributed by atoms with Crippen LogP contribution in [0.15, 0.2) is 54.7 Å². The summed E-state index contributed by atoms with van der Waals surface area (Å²) in [6.07, 6.45) is 4.83. The van der Waals surface area contributed by atoms with Crippen molar-refractivity contribution < 1.29 is 9.59 Å². The van der Waals surface area contributed by atoms with Crippen LogP contribution in [0.25, 0.3) is 5.57 Å². The minimum Gasteiger partial charge on any atom is -0.341 e. The molecule has 0 bridgehead atoms. The first kappa shape index (κ1) is 15.7. The summed E-state index contributed by atoms with van der Waals surface area (Å²) in [5, 5.41) is 0. The van der Waals surface area contributed by atoms with Gasteiger partial charge in [-0.25, -0.2) is 0 Å². The molecule has 3 heterocycles. The second-order valence-electron chi connectivity index (χ2n) is 6.61. The summed E-state index contributed by atoms with van der Waals surface area (Å²) in [6.45, 7) is 1.81. The monoisotopic (exact) mass is 335 g/mol. The number of nitrogens with zero attached hydrogens (tertiary/aromatic N) is 3. The van der Waals surface area contributed by atoms with E-state index < -0.39 is 6.04 Å². The molecule has 0 spiro atoms. The number of aromatic nitrogens is 1. The van der Waals surface area contributed by atoms with E-state index in [4.69, 9.17) is 0 Å². The number of likely N-dealkylation sites (N-methyl/N-ethyl adjacent to an activating group) is 1. The highest BCUT2D eigenvalue weighted by atomic mass is 16.2. The van der Waals surface area contributed by atoms with Crippen molar-refractivity contribution in [2.24, 2.45) is 0 Å². The second-order valence-corrected chi connectivity index (χ2v) is 6.61. The van der Waals surface area contributed by atoms with E-state index in [1.807, 2.05) is 39.9 Å². The van der Waals surface area contributed by atoms with Crippen molar-refractivity contribution in [2.75, 3.05) is 20.1 Å². The smallest absolute Gasteiger partial charge is 0.270 e.